The van der Waals surface area contributed by atoms with Gasteiger partial charge in [-0.05, 0) is 29.0 Å². The van der Waals surface area contributed by atoms with Gasteiger partial charge in [0.15, 0.2) is 23.3 Å². The van der Waals surface area contributed by atoms with Crippen molar-refractivity contribution in [3.63, 3.8) is 0 Å². The van der Waals surface area contributed by atoms with E-state index in [0.29, 0.717) is 0 Å². The molecule has 0 atom stereocenters. The fraction of sp³-hybridized carbons (Fsp3) is 0.250. The third-order valence-electron chi connectivity index (χ3n) is 1.65. The smallest absolute Gasteiger partial charge is 0.198 e. The molecule has 13 heavy (non-hydrogen) atoms. The SMILES string of the molecule is CCc1c(F)c(F)c(F)c(F)c1I. The van der Waals surface area contributed by atoms with E-state index < -0.39 is 23.3 Å². The Hall–Kier alpha value is -0.330. The Balaban J connectivity index is 3.56. The molecule has 1 aromatic carbocycles. The Morgan fingerprint density at radius 3 is 1.85 bits per heavy atom. The molecule has 0 bridgehead atoms. The maximum absolute atomic E-state index is 12.9. The van der Waals surface area contributed by atoms with Crippen LogP contribution in [0, 0.1) is 26.8 Å². The van der Waals surface area contributed by atoms with E-state index in [4.69, 9.17) is 0 Å². The van der Waals surface area contributed by atoms with Gasteiger partial charge >= 0.3 is 0 Å². The second kappa shape index (κ2) is 3.81. The second-order valence-corrected chi connectivity index (χ2v) is 3.48. The van der Waals surface area contributed by atoms with E-state index in [-0.39, 0.29) is 15.6 Å². The van der Waals surface area contributed by atoms with E-state index in [2.05, 4.69) is 0 Å². The van der Waals surface area contributed by atoms with Crippen molar-refractivity contribution in [1.29, 1.82) is 0 Å². The van der Waals surface area contributed by atoms with Crippen molar-refractivity contribution in [3.8, 4) is 0 Å². The van der Waals surface area contributed by atoms with Gasteiger partial charge in [0, 0.05) is 5.56 Å². The molecule has 0 radical (unpaired) electrons. The number of hydrogen-bond donors (Lipinski definition) is 0. The summed E-state index contributed by atoms with van der Waals surface area (Å²) in [6, 6.07) is 0. The van der Waals surface area contributed by atoms with Crippen LogP contribution in [-0.2, 0) is 6.42 Å². The quantitative estimate of drug-likeness (QED) is 0.323. The molecule has 0 unspecified atom stereocenters. The average Bonchev–Trinajstić information content (AvgIpc) is 2.13. The molecule has 0 aliphatic rings. The summed E-state index contributed by atoms with van der Waals surface area (Å²) in [5.74, 6) is -6.11. The monoisotopic (exact) mass is 304 g/mol. The predicted octanol–water partition coefficient (Wildman–Crippen LogP) is 3.41. The van der Waals surface area contributed by atoms with Gasteiger partial charge in [-0.3, -0.25) is 0 Å². The molecule has 0 aliphatic heterocycles. The molecule has 72 valence electrons. The van der Waals surface area contributed by atoms with Gasteiger partial charge in [0.1, 0.15) is 0 Å². The molecule has 0 saturated heterocycles. The van der Waals surface area contributed by atoms with Crippen LogP contribution in [0.3, 0.4) is 0 Å². The van der Waals surface area contributed by atoms with E-state index in [0.717, 1.165) is 0 Å². The first-order valence-corrected chi connectivity index (χ1v) is 4.58. The molecule has 1 rings (SSSR count). The summed E-state index contributed by atoms with van der Waals surface area (Å²) in [6.07, 6.45) is 0.123. The summed E-state index contributed by atoms with van der Waals surface area (Å²) >= 11 is 1.45. The van der Waals surface area contributed by atoms with E-state index >= 15 is 0 Å². The van der Waals surface area contributed by atoms with Crippen LogP contribution in [0.25, 0.3) is 0 Å². The minimum atomic E-state index is -1.75. The van der Waals surface area contributed by atoms with E-state index in [9.17, 15) is 17.6 Å². The van der Waals surface area contributed by atoms with Crippen molar-refractivity contribution < 1.29 is 17.6 Å². The maximum Gasteiger partial charge on any atom is 0.198 e. The van der Waals surface area contributed by atoms with Gasteiger partial charge in [-0.15, -0.1) is 0 Å². The van der Waals surface area contributed by atoms with Crippen molar-refractivity contribution in [1.82, 2.24) is 0 Å². The highest BCUT2D eigenvalue weighted by atomic mass is 127. The van der Waals surface area contributed by atoms with Crippen molar-refractivity contribution >= 4 is 22.6 Å². The molecule has 0 spiro atoms. The highest BCUT2D eigenvalue weighted by molar-refractivity contribution is 14.1. The Morgan fingerprint density at radius 1 is 0.923 bits per heavy atom. The summed E-state index contributed by atoms with van der Waals surface area (Å²) in [4.78, 5) is 0. The molecule has 0 amide bonds. The van der Waals surface area contributed by atoms with E-state index in [1.54, 1.807) is 0 Å². The molecule has 1 aromatic rings. The standard InChI is InChI=1S/C8H5F4I/c1-2-3-4(9)5(10)6(11)7(12)8(3)13/h2H2,1H3. The third-order valence-corrected chi connectivity index (χ3v) is 2.78. The first kappa shape index (κ1) is 10.7. The van der Waals surface area contributed by atoms with Crippen LogP contribution < -0.4 is 0 Å². The second-order valence-electron chi connectivity index (χ2n) is 2.40. The van der Waals surface area contributed by atoms with Gasteiger partial charge in [0.05, 0.1) is 3.57 Å². The molecule has 0 saturated carbocycles. The van der Waals surface area contributed by atoms with E-state index in [1.165, 1.54) is 29.5 Å². The number of rotatable bonds is 1. The molecule has 0 N–H and O–H groups in total. The van der Waals surface area contributed by atoms with Crippen LogP contribution >= 0.6 is 22.6 Å². The summed E-state index contributed by atoms with van der Waals surface area (Å²) < 4.78 is 50.7. The van der Waals surface area contributed by atoms with Crippen LogP contribution in [-0.4, -0.2) is 0 Å². The normalized spacial score (nSPS) is 10.6. The number of hydrogen-bond acceptors (Lipinski definition) is 0. The zero-order chi connectivity index (χ0) is 10.2. The predicted molar refractivity (Wildman–Crippen MR) is 48.4 cm³/mol. The summed E-state index contributed by atoms with van der Waals surface area (Å²) in [6.45, 7) is 1.54. The first-order valence-electron chi connectivity index (χ1n) is 3.51. The zero-order valence-corrected chi connectivity index (χ0v) is 8.75. The lowest BCUT2D eigenvalue weighted by molar-refractivity contribution is 0.401. The van der Waals surface area contributed by atoms with Crippen LogP contribution in [0.5, 0.6) is 0 Å². The van der Waals surface area contributed by atoms with Gasteiger partial charge in [0.25, 0.3) is 0 Å². The van der Waals surface area contributed by atoms with Gasteiger partial charge < -0.3 is 0 Å². The zero-order valence-electron chi connectivity index (χ0n) is 6.60. The van der Waals surface area contributed by atoms with Gasteiger partial charge in [-0.1, -0.05) is 6.92 Å². The average molecular weight is 304 g/mol. The highest BCUT2D eigenvalue weighted by Crippen LogP contribution is 2.25. The molecule has 0 fully saturated rings. The largest absolute Gasteiger partial charge is 0.203 e. The Labute approximate surface area is 86.1 Å². The molecular formula is C8H5F4I. The molecular weight excluding hydrogens is 299 g/mol. The Morgan fingerprint density at radius 2 is 1.38 bits per heavy atom. The lowest BCUT2D eigenvalue weighted by Crippen LogP contribution is -2.05. The minimum Gasteiger partial charge on any atom is -0.203 e. The van der Waals surface area contributed by atoms with Crippen molar-refractivity contribution in [3.05, 3.63) is 32.4 Å². The summed E-state index contributed by atoms with van der Waals surface area (Å²) in [5, 5.41) is 0. The Bertz CT molecular complexity index is 319. The molecule has 0 nitrogen and oxygen atoms in total. The van der Waals surface area contributed by atoms with Crippen LogP contribution in [0.2, 0.25) is 0 Å². The fourth-order valence-corrected chi connectivity index (χ4v) is 1.82. The number of halogens is 5. The summed E-state index contributed by atoms with van der Waals surface area (Å²) in [5.41, 5.74) is -0.128. The summed E-state index contributed by atoms with van der Waals surface area (Å²) in [7, 11) is 0. The molecule has 0 aromatic heterocycles. The highest BCUT2D eigenvalue weighted by Gasteiger charge is 2.22. The minimum absolute atomic E-state index is 0.123. The van der Waals surface area contributed by atoms with Crippen LogP contribution in [0.15, 0.2) is 0 Å². The lowest BCUT2D eigenvalue weighted by atomic mass is 10.1. The fourth-order valence-electron chi connectivity index (χ4n) is 0.961. The first-order chi connectivity index (χ1) is 6.00. The lowest BCUT2D eigenvalue weighted by Gasteiger charge is -2.06. The van der Waals surface area contributed by atoms with Gasteiger partial charge in [-0.2, -0.15) is 0 Å². The van der Waals surface area contributed by atoms with E-state index in [1.807, 2.05) is 0 Å². The van der Waals surface area contributed by atoms with Crippen molar-refractivity contribution in [2.24, 2.45) is 0 Å². The number of benzene rings is 1. The van der Waals surface area contributed by atoms with Gasteiger partial charge in [0.2, 0.25) is 0 Å². The maximum atomic E-state index is 12.9. The topological polar surface area (TPSA) is 0 Å². The molecule has 0 heterocycles. The van der Waals surface area contributed by atoms with Crippen molar-refractivity contribution in [2.75, 3.05) is 0 Å². The molecule has 0 aliphatic carbocycles. The molecule has 5 heteroatoms. The Kier molecular flexibility index (Phi) is 3.15. The van der Waals surface area contributed by atoms with Crippen LogP contribution in [0.1, 0.15) is 12.5 Å². The van der Waals surface area contributed by atoms with Gasteiger partial charge in [-0.25, -0.2) is 17.6 Å². The third kappa shape index (κ3) is 1.66. The van der Waals surface area contributed by atoms with Crippen molar-refractivity contribution in [2.45, 2.75) is 13.3 Å². The van der Waals surface area contributed by atoms with Crippen LogP contribution in [0.4, 0.5) is 17.6 Å².